The Balaban J connectivity index is 1.86. The summed E-state index contributed by atoms with van der Waals surface area (Å²) in [6.07, 6.45) is 3.75. The molecular formula is C18H19N3. The van der Waals surface area contributed by atoms with E-state index in [9.17, 15) is 0 Å². The molecular weight excluding hydrogens is 258 g/mol. The van der Waals surface area contributed by atoms with E-state index in [4.69, 9.17) is 0 Å². The minimum atomic E-state index is 0.816. The van der Waals surface area contributed by atoms with Crippen molar-refractivity contribution < 1.29 is 0 Å². The molecule has 21 heavy (non-hydrogen) atoms. The van der Waals surface area contributed by atoms with Crippen LogP contribution in [0.2, 0.25) is 0 Å². The molecule has 0 unspecified atom stereocenters. The summed E-state index contributed by atoms with van der Waals surface area (Å²) < 4.78 is 1.88. The standard InChI is InChI=1S/C18H19N3/c1-14-7-5-8-15(2)16(14)13-19-17-9-3-4-10-18(17)21-12-6-11-20-21/h3-12,19H,13H2,1-2H3. The van der Waals surface area contributed by atoms with Crippen LogP contribution < -0.4 is 5.32 Å². The lowest BCUT2D eigenvalue weighted by Crippen LogP contribution is -2.07. The first-order valence-corrected chi connectivity index (χ1v) is 7.14. The topological polar surface area (TPSA) is 29.9 Å². The van der Waals surface area contributed by atoms with Crippen molar-refractivity contribution in [1.29, 1.82) is 0 Å². The van der Waals surface area contributed by atoms with Crippen molar-refractivity contribution in [3.63, 3.8) is 0 Å². The Morgan fingerprint density at radius 1 is 0.952 bits per heavy atom. The maximum Gasteiger partial charge on any atom is 0.0876 e. The van der Waals surface area contributed by atoms with E-state index in [1.807, 2.05) is 29.1 Å². The van der Waals surface area contributed by atoms with Gasteiger partial charge in [-0.2, -0.15) is 5.10 Å². The van der Waals surface area contributed by atoms with Crippen LogP contribution in [-0.2, 0) is 6.54 Å². The average molecular weight is 277 g/mol. The largest absolute Gasteiger partial charge is 0.379 e. The third-order valence-corrected chi connectivity index (χ3v) is 3.76. The number of nitrogens with one attached hydrogen (secondary N) is 1. The molecule has 0 radical (unpaired) electrons. The third kappa shape index (κ3) is 2.82. The molecule has 3 rings (SSSR count). The highest BCUT2D eigenvalue weighted by Crippen LogP contribution is 2.21. The van der Waals surface area contributed by atoms with Gasteiger partial charge in [0, 0.05) is 18.9 Å². The zero-order valence-electron chi connectivity index (χ0n) is 12.4. The highest BCUT2D eigenvalue weighted by Gasteiger charge is 2.06. The first-order chi connectivity index (χ1) is 10.3. The van der Waals surface area contributed by atoms with Crippen LogP contribution in [0.5, 0.6) is 0 Å². The van der Waals surface area contributed by atoms with Crippen molar-refractivity contribution in [1.82, 2.24) is 9.78 Å². The van der Waals surface area contributed by atoms with Gasteiger partial charge in [0.25, 0.3) is 0 Å². The molecule has 0 bridgehead atoms. The molecule has 3 heteroatoms. The summed E-state index contributed by atoms with van der Waals surface area (Å²) >= 11 is 0. The van der Waals surface area contributed by atoms with E-state index in [0.717, 1.165) is 17.9 Å². The second kappa shape index (κ2) is 5.83. The number of aromatic nitrogens is 2. The average Bonchev–Trinajstić information content (AvgIpc) is 3.01. The summed E-state index contributed by atoms with van der Waals surface area (Å²) in [5, 5.41) is 7.85. The van der Waals surface area contributed by atoms with Crippen molar-refractivity contribution in [3.05, 3.63) is 77.6 Å². The third-order valence-electron chi connectivity index (χ3n) is 3.76. The fourth-order valence-corrected chi connectivity index (χ4v) is 2.55. The lowest BCUT2D eigenvalue weighted by molar-refractivity contribution is 0.879. The zero-order valence-corrected chi connectivity index (χ0v) is 12.4. The summed E-state index contributed by atoms with van der Waals surface area (Å²) in [4.78, 5) is 0. The Morgan fingerprint density at radius 2 is 1.71 bits per heavy atom. The molecule has 0 aliphatic heterocycles. The second-order valence-electron chi connectivity index (χ2n) is 5.19. The molecule has 2 aromatic carbocycles. The van der Waals surface area contributed by atoms with Gasteiger partial charge in [0.1, 0.15) is 0 Å². The molecule has 3 nitrogen and oxygen atoms in total. The van der Waals surface area contributed by atoms with Gasteiger partial charge in [0.2, 0.25) is 0 Å². The van der Waals surface area contributed by atoms with Gasteiger partial charge in [-0.05, 0) is 48.7 Å². The van der Waals surface area contributed by atoms with Crippen LogP contribution in [0.1, 0.15) is 16.7 Å². The van der Waals surface area contributed by atoms with E-state index in [1.54, 1.807) is 6.20 Å². The zero-order chi connectivity index (χ0) is 14.7. The van der Waals surface area contributed by atoms with Gasteiger partial charge in [-0.15, -0.1) is 0 Å². The van der Waals surface area contributed by atoms with Crippen LogP contribution in [0.25, 0.3) is 5.69 Å². The van der Waals surface area contributed by atoms with Gasteiger partial charge in [-0.3, -0.25) is 0 Å². The summed E-state index contributed by atoms with van der Waals surface area (Å²) in [6, 6.07) is 16.6. The Bertz CT molecular complexity index is 710. The number of aryl methyl sites for hydroxylation is 2. The SMILES string of the molecule is Cc1cccc(C)c1CNc1ccccc1-n1cccn1. The van der Waals surface area contributed by atoms with Crippen molar-refractivity contribution >= 4 is 5.69 Å². The van der Waals surface area contributed by atoms with Gasteiger partial charge in [-0.1, -0.05) is 30.3 Å². The van der Waals surface area contributed by atoms with Crippen LogP contribution >= 0.6 is 0 Å². The number of hydrogen-bond acceptors (Lipinski definition) is 2. The molecule has 1 heterocycles. The van der Waals surface area contributed by atoms with E-state index in [2.05, 4.69) is 54.6 Å². The summed E-state index contributed by atoms with van der Waals surface area (Å²) in [6.45, 7) is 5.13. The highest BCUT2D eigenvalue weighted by atomic mass is 15.3. The van der Waals surface area contributed by atoms with E-state index < -0.39 is 0 Å². The minimum absolute atomic E-state index is 0.816. The Labute approximate surface area is 125 Å². The number of anilines is 1. The van der Waals surface area contributed by atoms with Crippen molar-refractivity contribution in [3.8, 4) is 5.69 Å². The summed E-state index contributed by atoms with van der Waals surface area (Å²) in [5.74, 6) is 0. The first kappa shape index (κ1) is 13.4. The van der Waals surface area contributed by atoms with Gasteiger partial charge in [0.15, 0.2) is 0 Å². The minimum Gasteiger partial charge on any atom is -0.379 e. The maximum absolute atomic E-state index is 4.31. The van der Waals surface area contributed by atoms with Gasteiger partial charge < -0.3 is 5.32 Å². The molecule has 0 aliphatic rings. The second-order valence-corrected chi connectivity index (χ2v) is 5.19. The molecule has 106 valence electrons. The van der Waals surface area contributed by atoms with Crippen molar-refractivity contribution in [2.75, 3.05) is 5.32 Å². The van der Waals surface area contributed by atoms with E-state index >= 15 is 0 Å². The summed E-state index contributed by atoms with van der Waals surface area (Å²) in [7, 11) is 0. The number of nitrogens with zero attached hydrogens (tertiary/aromatic N) is 2. The maximum atomic E-state index is 4.31. The first-order valence-electron chi connectivity index (χ1n) is 7.14. The predicted octanol–water partition coefficient (Wildman–Crippen LogP) is 4.10. The van der Waals surface area contributed by atoms with Crippen molar-refractivity contribution in [2.24, 2.45) is 0 Å². The van der Waals surface area contributed by atoms with Crippen molar-refractivity contribution in [2.45, 2.75) is 20.4 Å². The number of para-hydroxylation sites is 2. The Morgan fingerprint density at radius 3 is 2.43 bits per heavy atom. The molecule has 0 fully saturated rings. The molecule has 1 aromatic heterocycles. The predicted molar refractivity (Wildman–Crippen MR) is 86.8 cm³/mol. The van der Waals surface area contributed by atoms with E-state index in [0.29, 0.717) is 0 Å². The van der Waals surface area contributed by atoms with E-state index in [-0.39, 0.29) is 0 Å². The Kier molecular flexibility index (Phi) is 3.73. The fourth-order valence-electron chi connectivity index (χ4n) is 2.55. The van der Waals surface area contributed by atoms with Crippen LogP contribution in [0.15, 0.2) is 60.9 Å². The molecule has 0 saturated carbocycles. The lowest BCUT2D eigenvalue weighted by Gasteiger charge is -2.15. The van der Waals surface area contributed by atoms with Crippen LogP contribution in [0.4, 0.5) is 5.69 Å². The fraction of sp³-hybridized carbons (Fsp3) is 0.167. The number of hydrogen-bond donors (Lipinski definition) is 1. The van der Waals surface area contributed by atoms with Gasteiger partial charge in [-0.25, -0.2) is 4.68 Å². The Hall–Kier alpha value is -2.55. The quantitative estimate of drug-likeness (QED) is 0.778. The normalized spacial score (nSPS) is 10.6. The lowest BCUT2D eigenvalue weighted by atomic mass is 10.0. The number of rotatable bonds is 4. The molecule has 0 aliphatic carbocycles. The monoisotopic (exact) mass is 277 g/mol. The van der Waals surface area contributed by atoms with E-state index in [1.165, 1.54) is 16.7 Å². The van der Waals surface area contributed by atoms with Gasteiger partial charge >= 0.3 is 0 Å². The highest BCUT2D eigenvalue weighted by molar-refractivity contribution is 5.61. The van der Waals surface area contributed by atoms with Crippen LogP contribution in [0, 0.1) is 13.8 Å². The van der Waals surface area contributed by atoms with Crippen LogP contribution in [-0.4, -0.2) is 9.78 Å². The smallest absolute Gasteiger partial charge is 0.0876 e. The molecule has 0 saturated heterocycles. The van der Waals surface area contributed by atoms with Gasteiger partial charge in [0.05, 0.1) is 11.4 Å². The molecule has 0 amide bonds. The molecule has 0 atom stereocenters. The molecule has 1 N–H and O–H groups in total. The molecule has 0 spiro atoms. The number of benzene rings is 2. The van der Waals surface area contributed by atoms with Crippen LogP contribution in [0.3, 0.4) is 0 Å². The summed E-state index contributed by atoms with van der Waals surface area (Å²) in [5.41, 5.74) is 6.14. The molecule has 3 aromatic rings.